The van der Waals surface area contributed by atoms with Crippen LogP contribution in [0, 0.1) is 5.92 Å². The number of unbranched alkanes of at least 4 members (excludes halogenated alkanes) is 1. The highest BCUT2D eigenvalue weighted by molar-refractivity contribution is 5.92. The first kappa shape index (κ1) is 27.0. The predicted octanol–water partition coefficient (Wildman–Crippen LogP) is -1.37. The van der Waals surface area contributed by atoms with Crippen molar-refractivity contribution in [2.45, 2.75) is 64.1 Å². The summed E-state index contributed by atoms with van der Waals surface area (Å²) in [5.41, 5.74) is 12.0. The van der Waals surface area contributed by atoms with Crippen LogP contribution in [0.5, 0.6) is 0 Å². The molecular weight excluding hydrogens is 418 g/mol. The van der Waals surface area contributed by atoms with Crippen molar-refractivity contribution in [1.82, 2.24) is 25.9 Å². The van der Waals surface area contributed by atoms with Gasteiger partial charge in [-0.25, -0.2) is 9.78 Å². The summed E-state index contributed by atoms with van der Waals surface area (Å²) >= 11 is 0. The number of rotatable bonds is 15. The highest BCUT2D eigenvalue weighted by Gasteiger charge is 2.26. The number of imidazole rings is 1. The number of nitrogens with one attached hydrogen (secondary N) is 4. The monoisotopic (exact) mass is 453 g/mol. The Morgan fingerprint density at radius 3 is 2.41 bits per heavy atom. The molecule has 0 aromatic carbocycles. The Kier molecular flexibility index (Phi) is 12.0. The van der Waals surface area contributed by atoms with E-state index in [1.165, 1.54) is 12.5 Å². The minimum Gasteiger partial charge on any atom is -0.480 e. The third kappa shape index (κ3) is 10.4. The summed E-state index contributed by atoms with van der Waals surface area (Å²) in [7, 11) is 0. The number of H-pyrrole nitrogens is 1. The first-order valence-corrected chi connectivity index (χ1v) is 10.7. The van der Waals surface area contributed by atoms with E-state index >= 15 is 0 Å². The van der Waals surface area contributed by atoms with Crippen molar-refractivity contribution in [1.29, 1.82) is 0 Å². The molecule has 0 saturated heterocycles. The smallest absolute Gasteiger partial charge is 0.326 e. The van der Waals surface area contributed by atoms with Crippen LogP contribution in [0.4, 0.5) is 0 Å². The lowest BCUT2D eigenvalue weighted by Crippen LogP contribution is -2.54. The molecule has 0 spiro atoms. The molecule has 1 aromatic rings. The van der Waals surface area contributed by atoms with Gasteiger partial charge in [0.15, 0.2) is 0 Å². The van der Waals surface area contributed by atoms with Crippen LogP contribution in [0.3, 0.4) is 0 Å². The van der Waals surface area contributed by atoms with E-state index in [2.05, 4.69) is 25.9 Å². The molecule has 3 atom stereocenters. The topological polar surface area (TPSA) is 205 Å². The van der Waals surface area contributed by atoms with Crippen LogP contribution >= 0.6 is 0 Å². The third-order valence-electron chi connectivity index (χ3n) is 4.68. The first-order valence-electron chi connectivity index (χ1n) is 10.7. The molecule has 1 heterocycles. The minimum atomic E-state index is -1.15. The fourth-order valence-corrected chi connectivity index (χ4v) is 2.97. The summed E-state index contributed by atoms with van der Waals surface area (Å²) in [5.74, 6) is -2.82. The van der Waals surface area contributed by atoms with E-state index in [0.29, 0.717) is 25.1 Å². The number of aromatic nitrogens is 2. The third-order valence-corrected chi connectivity index (χ3v) is 4.68. The van der Waals surface area contributed by atoms with Crippen LogP contribution in [0.2, 0.25) is 0 Å². The van der Waals surface area contributed by atoms with E-state index in [0.717, 1.165) is 6.42 Å². The largest absolute Gasteiger partial charge is 0.480 e. The van der Waals surface area contributed by atoms with E-state index in [1.807, 2.05) is 13.8 Å². The highest BCUT2D eigenvalue weighted by atomic mass is 16.4. The second-order valence-corrected chi connectivity index (χ2v) is 8.04. The number of carboxylic acid groups (broad SMARTS) is 1. The number of carbonyl (C=O) groups is 4. The standard InChI is InChI=1S/C20H35N7O5/c1-12(2)7-16(20(31)32)26-17(28)10-24-19(30)15(8-13-9-23-11-25-13)27-18(29)14(22)5-3-4-6-21/h9,11-12,14-16H,3-8,10,21-22H2,1-2H3,(H,23,25)(H,24,30)(H,26,28)(H,27,29)(H,31,32). The Morgan fingerprint density at radius 2 is 1.84 bits per heavy atom. The Bertz CT molecular complexity index is 739. The number of aromatic amines is 1. The van der Waals surface area contributed by atoms with Crippen LogP contribution in [0.15, 0.2) is 12.5 Å². The number of hydrogen-bond acceptors (Lipinski definition) is 7. The number of nitrogens with two attached hydrogens (primary N) is 2. The fraction of sp³-hybridized carbons (Fsp3) is 0.650. The molecule has 12 heteroatoms. The van der Waals surface area contributed by atoms with Crippen molar-refractivity contribution in [3.63, 3.8) is 0 Å². The molecule has 0 radical (unpaired) electrons. The Balaban J connectivity index is 2.69. The first-order chi connectivity index (χ1) is 15.1. The average molecular weight is 454 g/mol. The van der Waals surface area contributed by atoms with E-state index in [-0.39, 0.29) is 18.8 Å². The molecular formula is C20H35N7O5. The van der Waals surface area contributed by atoms with Crippen LogP contribution in [0.25, 0.3) is 0 Å². The second-order valence-electron chi connectivity index (χ2n) is 8.04. The lowest BCUT2D eigenvalue weighted by Gasteiger charge is -2.21. The van der Waals surface area contributed by atoms with Gasteiger partial charge in [0.2, 0.25) is 17.7 Å². The number of carboxylic acids is 1. The predicted molar refractivity (Wildman–Crippen MR) is 117 cm³/mol. The minimum absolute atomic E-state index is 0.0639. The number of amides is 3. The molecule has 0 saturated carbocycles. The van der Waals surface area contributed by atoms with Crippen LogP contribution in [0.1, 0.15) is 45.2 Å². The molecule has 0 bridgehead atoms. The molecule has 9 N–H and O–H groups in total. The molecule has 0 aliphatic carbocycles. The lowest BCUT2D eigenvalue weighted by molar-refractivity contribution is -0.142. The molecule has 0 aliphatic rings. The molecule has 0 aliphatic heterocycles. The quantitative estimate of drug-likeness (QED) is 0.157. The van der Waals surface area contributed by atoms with Crippen molar-refractivity contribution in [2.75, 3.05) is 13.1 Å². The Morgan fingerprint density at radius 1 is 1.12 bits per heavy atom. The average Bonchev–Trinajstić information content (AvgIpc) is 3.23. The fourth-order valence-electron chi connectivity index (χ4n) is 2.97. The molecule has 3 unspecified atom stereocenters. The molecule has 180 valence electrons. The van der Waals surface area contributed by atoms with E-state index < -0.39 is 48.4 Å². The van der Waals surface area contributed by atoms with E-state index in [1.54, 1.807) is 0 Å². The zero-order chi connectivity index (χ0) is 24.1. The summed E-state index contributed by atoms with van der Waals surface area (Å²) in [6.07, 6.45) is 5.18. The summed E-state index contributed by atoms with van der Waals surface area (Å²) in [5, 5.41) is 16.7. The molecule has 3 amide bonds. The summed E-state index contributed by atoms with van der Waals surface area (Å²) < 4.78 is 0. The number of hydrogen-bond donors (Lipinski definition) is 7. The number of nitrogens with zero attached hydrogens (tertiary/aromatic N) is 1. The van der Waals surface area contributed by atoms with Gasteiger partial charge in [0.05, 0.1) is 18.9 Å². The van der Waals surface area contributed by atoms with Gasteiger partial charge < -0.3 is 37.5 Å². The molecule has 1 rings (SSSR count). The van der Waals surface area contributed by atoms with Crippen LogP contribution in [-0.4, -0.2) is 70.0 Å². The molecule has 32 heavy (non-hydrogen) atoms. The summed E-state index contributed by atoms with van der Waals surface area (Å²) in [4.78, 5) is 55.3. The Hall–Kier alpha value is -2.99. The van der Waals surface area contributed by atoms with Crippen molar-refractivity contribution in [3.05, 3.63) is 18.2 Å². The molecule has 0 fully saturated rings. The van der Waals surface area contributed by atoms with E-state index in [9.17, 15) is 24.3 Å². The van der Waals surface area contributed by atoms with E-state index in [4.69, 9.17) is 11.5 Å². The van der Waals surface area contributed by atoms with Gasteiger partial charge in [0, 0.05) is 18.3 Å². The van der Waals surface area contributed by atoms with Gasteiger partial charge in [0.25, 0.3) is 0 Å². The molecule has 12 nitrogen and oxygen atoms in total. The van der Waals surface area contributed by atoms with Gasteiger partial charge in [-0.3, -0.25) is 14.4 Å². The Labute approximate surface area is 187 Å². The lowest BCUT2D eigenvalue weighted by atomic mass is 10.0. The van der Waals surface area contributed by atoms with Crippen LogP contribution in [-0.2, 0) is 25.6 Å². The molecule has 1 aromatic heterocycles. The van der Waals surface area contributed by atoms with Gasteiger partial charge in [-0.05, 0) is 31.7 Å². The van der Waals surface area contributed by atoms with Crippen LogP contribution < -0.4 is 27.4 Å². The van der Waals surface area contributed by atoms with Gasteiger partial charge >= 0.3 is 5.97 Å². The number of aliphatic carboxylic acids is 1. The number of carbonyl (C=O) groups excluding carboxylic acids is 3. The second kappa shape index (κ2) is 14.1. The summed E-state index contributed by atoms with van der Waals surface area (Å²) in [6, 6.07) is -2.84. The van der Waals surface area contributed by atoms with Gasteiger partial charge in [-0.15, -0.1) is 0 Å². The maximum atomic E-state index is 12.7. The maximum absolute atomic E-state index is 12.7. The van der Waals surface area contributed by atoms with Gasteiger partial charge in [-0.2, -0.15) is 0 Å². The highest BCUT2D eigenvalue weighted by Crippen LogP contribution is 2.05. The van der Waals surface area contributed by atoms with Crippen molar-refractivity contribution >= 4 is 23.7 Å². The zero-order valence-corrected chi connectivity index (χ0v) is 18.6. The normalized spacial score (nSPS) is 13.8. The maximum Gasteiger partial charge on any atom is 0.326 e. The van der Waals surface area contributed by atoms with Crippen molar-refractivity contribution in [2.24, 2.45) is 17.4 Å². The summed E-state index contributed by atoms with van der Waals surface area (Å²) in [6.45, 7) is 3.75. The van der Waals surface area contributed by atoms with Gasteiger partial charge in [0.1, 0.15) is 12.1 Å². The van der Waals surface area contributed by atoms with Crippen molar-refractivity contribution in [3.8, 4) is 0 Å². The van der Waals surface area contributed by atoms with Crippen molar-refractivity contribution < 1.29 is 24.3 Å². The van der Waals surface area contributed by atoms with Gasteiger partial charge in [-0.1, -0.05) is 20.3 Å². The zero-order valence-electron chi connectivity index (χ0n) is 18.6. The SMILES string of the molecule is CC(C)CC(NC(=O)CNC(=O)C(Cc1cnc[nH]1)NC(=O)C(N)CCCCN)C(=O)O.